The van der Waals surface area contributed by atoms with Crippen LogP contribution in [-0.4, -0.2) is 69.5 Å². The van der Waals surface area contributed by atoms with Gasteiger partial charge in [0.1, 0.15) is 5.52 Å². The van der Waals surface area contributed by atoms with E-state index >= 15 is 0 Å². The minimum Gasteiger partial charge on any atom is -0.463 e. The summed E-state index contributed by atoms with van der Waals surface area (Å²) in [4.78, 5) is 50.2. The molecule has 0 bridgehead atoms. The number of rotatable bonds is 15. The number of aromatic nitrogens is 4. The summed E-state index contributed by atoms with van der Waals surface area (Å²) in [5, 5.41) is 2.64. The first-order valence-electron chi connectivity index (χ1n) is 15.2. The van der Waals surface area contributed by atoms with Crippen LogP contribution in [0.25, 0.3) is 11.2 Å². The Morgan fingerprint density at radius 2 is 1.65 bits per heavy atom. The van der Waals surface area contributed by atoms with Crippen LogP contribution in [-0.2, 0) is 22.6 Å². The highest BCUT2D eigenvalue weighted by molar-refractivity contribution is 5.93. The number of piperidine rings is 1. The number of primary amides is 1. The van der Waals surface area contributed by atoms with Gasteiger partial charge in [-0.15, -0.1) is 0 Å². The van der Waals surface area contributed by atoms with Crippen LogP contribution >= 0.6 is 0 Å². The quantitative estimate of drug-likeness (QED) is 0.215. The van der Waals surface area contributed by atoms with Crippen molar-refractivity contribution in [1.82, 2.24) is 24.4 Å². The van der Waals surface area contributed by atoms with Gasteiger partial charge in [-0.2, -0.15) is 9.97 Å². The fourth-order valence-electron chi connectivity index (χ4n) is 5.01. The second-order valence-electron chi connectivity index (χ2n) is 10.9. The van der Waals surface area contributed by atoms with Crippen molar-refractivity contribution < 1.29 is 23.8 Å². The summed E-state index contributed by atoms with van der Waals surface area (Å²) in [5.74, 6) is 0.671. The average molecular weight is 598 g/mol. The molecule has 4 N–H and O–H groups in total. The molecule has 0 spiro atoms. The Labute approximate surface area is 251 Å². The predicted octanol–water partition coefficient (Wildman–Crippen LogP) is 4.39. The Hall–Kier alpha value is -4.13. The van der Waals surface area contributed by atoms with E-state index in [-0.39, 0.29) is 30.7 Å². The predicted molar refractivity (Wildman–Crippen MR) is 162 cm³/mol. The normalized spacial score (nSPS) is 14.1. The average Bonchev–Trinajstić information content (AvgIpc) is 3.30. The van der Waals surface area contributed by atoms with Gasteiger partial charge < -0.3 is 24.9 Å². The molecular weight excluding hydrogens is 554 g/mol. The van der Waals surface area contributed by atoms with E-state index in [1.807, 2.05) is 19.1 Å². The van der Waals surface area contributed by atoms with Crippen molar-refractivity contribution in [2.45, 2.75) is 71.9 Å². The first-order chi connectivity index (χ1) is 20.9. The van der Waals surface area contributed by atoms with Crippen molar-refractivity contribution in [3.8, 4) is 6.01 Å². The van der Waals surface area contributed by atoms with E-state index in [2.05, 4.69) is 44.2 Å². The zero-order chi connectivity index (χ0) is 30.6. The summed E-state index contributed by atoms with van der Waals surface area (Å²) in [6.45, 7) is 8.23. The SMILES string of the molecule is CCCCOC(=O)Nc1nc(OCCCC)nc2c1[nH]c(=O)n2Cc1ccc(CN2CCC(CCOC(N)=O)CC2)cc1. The summed E-state index contributed by atoms with van der Waals surface area (Å²) in [6.07, 6.45) is 4.99. The lowest BCUT2D eigenvalue weighted by Crippen LogP contribution is -2.33. The van der Waals surface area contributed by atoms with Crippen molar-refractivity contribution in [2.75, 3.05) is 38.2 Å². The van der Waals surface area contributed by atoms with E-state index in [1.54, 1.807) is 0 Å². The number of fused-ring (bicyclic) bond motifs is 1. The number of anilines is 1. The van der Waals surface area contributed by atoms with Gasteiger partial charge in [-0.05, 0) is 62.2 Å². The van der Waals surface area contributed by atoms with E-state index in [0.717, 1.165) is 70.1 Å². The number of unbranched alkanes of at least 4 members (excludes halogenated alkanes) is 2. The smallest absolute Gasteiger partial charge is 0.412 e. The van der Waals surface area contributed by atoms with Crippen molar-refractivity contribution in [3.05, 3.63) is 45.9 Å². The number of H-pyrrole nitrogens is 1. The van der Waals surface area contributed by atoms with Crippen molar-refractivity contribution in [2.24, 2.45) is 11.7 Å². The molecule has 0 atom stereocenters. The molecule has 1 aliphatic heterocycles. The van der Waals surface area contributed by atoms with E-state index in [1.165, 1.54) is 10.1 Å². The second-order valence-corrected chi connectivity index (χ2v) is 10.9. The zero-order valence-corrected chi connectivity index (χ0v) is 25.1. The monoisotopic (exact) mass is 597 g/mol. The third-order valence-electron chi connectivity index (χ3n) is 7.53. The first-order valence-corrected chi connectivity index (χ1v) is 15.2. The summed E-state index contributed by atoms with van der Waals surface area (Å²) in [5.41, 5.74) is 7.44. The van der Waals surface area contributed by atoms with Gasteiger partial charge in [-0.1, -0.05) is 51.0 Å². The Morgan fingerprint density at radius 3 is 2.33 bits per heavy atom. The van der Waals surface area contributed by atoms with Crippen LogP contribution in [0.2, 0.25) is 0 Å². The fraction of sp³-hybridized carbons (Fsp3) is 0.567. The van der Waals surface area contributed by atoms with Crippen LogP contribution in [0.5, 0.6) is 6.01 Å². The number of nitrogens with two attached hydrogens (primary N) is 1. The van der Waals surface area contributed by atoms with E-state index in [9.17, 15) is 14.4 Å². The second kappa shape index (κ2) is 15.9. The first kappa shape index (κ1) is 31.8. The van der Waals surface area contributed by atoms with Gasteiger partial charge in [-0.3, -0.25) is 14.8 Å². The molecule has 1 aromatic carbocycles. The molecule has 4 rings (SSSR count). The van der Waals surface area contributed by atoms with Crippen LogP contribution in [0, 0.1) is 5.92 Å². The highest BCUT2D eigenvalue weighted by atomic mass is 16.6. The Bertz CT molecular complexity index is 1400. The number of benzene rings is 1. The van der Waals surface area contributed by atoms with Crippen LogP contribution in [0.3, 0.4) is 0 Å². The molecule has 43 heavy (non-hydrogen) atoms. The highest BCUT2D eigenvalue weighted by Crippen LogP contribution is 2.24. The molecule has 0 aliphatic carbocycles. The largest absolute Gasteiger partial charge is 0.463 e. The summed E-state index contributed by atoms with van der Waals surface area (Å²) in [6, 6.07) is 8.26. The number of amides is 2. The number of carbonyl (C=O) groups is 2. The van der Waals surface area contributed by atoms with E-state index < -0.39 is 12.2 Å². The number of hydrogen-bond acceptors (Lipinski definition) is 9. The van der Waals surface area contributed by atoms with Gasteiger partial charge in [0.05, 0.1) is 26.4 Å². The molecule has 234 valence electrons. The van der Waals surface area contributed by atoms with Gasteiger partial charge in [-0.25, -0.2) is 14.4 Å². The summed E-state index contributed by atoms with van der Waals surface area (Å²) < 4.78 is 17.4. The molecule has 1 aliphatic rings. The third kappa shape index (κ3) is 9.43. The topological polar surface area (TPSA) is 167 Å². The Balaban J connectivity index is 1.43. The molecule has 3 heterocycles. The molecule has 0 saturated carbocycles. The number of carbonyl (C=O) groups excluding carboxylic acids is 2. The van der Waals surface area contributed by atoms with Crippen molar-refractivity contribution in [1.29, 1.82) is 0 Å². The molecule has 1 saturated heterocycles. The van der Waals surface area contributed by atoms with Crippen LogP contribution < -0.4 is 21.5 Å². The lowest BCUT2D eigenvalue weighted by atomic mass is 9.93. The molecule has 1 fully saturated rings. The van der Waals surface area contributed by atoms with Crippen LogP contribution in [0.4, 0.5) is 15.4 Å². The number of hydrogen-bond donors (Lipinski definition) is 3. The summed E-state index contributed by atoms with van der Waals surface area (Å²) in [7, 11) is 0. The van der Waals surface area contributed by atoms with E-state index in [4.69, 9.17) is 19.9 Å². The maximum absolute atomic E-state index is 13.0. The molecule has 2 amide bonds. The maximum atomic E-state index is 13.0. The third-order valence-corrected chi connectivity index (χ3v) is 7.53. The van der Waals surface area contributed by atoms with Crippen molar-refractivity contribution in [3.63, 3.8) is 0 Å². The van der Waals surface area contributed by atoms with E-state index in [0.29, 0.717) is 30.3 Å². The zero-order valence-electron chi connectivity index (χ0n) is 25.1. The van der Waals surface area contributed by atoms with Gasteiger partial charge >= 0.3 is 23.9 Å². The van der Waals surface area contributed by atoms with Crippen molar-refractivity contribution >= 4 is 29.2 Å². The number of imidazole rings is 1. The molecule has 3 aromatic rings. The number of likely N-dealkylation sites (tertiary alicyclic amines) is 1. The summed E-state index contributed by atoms with van der Waals surface area (Å²) >= 11 is 0. The molecular formula is C30H43N7O6. The number of nitrogens with zero attached hydrogens (tertiary/aromatic N) is 4. The standard InChI is InChI=1S/C30H43N7O6/c1-3-5-16-42-28-33-25(34-30(40)43-17-6-4-2)24-26(35-28)37(29(39)32-24)20-23-9-7-22(8-10-23)19-36-14-11-21(12-15-36)13-18-41-27(31)38/h7-10,21H,3-6,11-20H2,1-2H3,(H2,31,38)(H,32,39)(H,33,34,35,40). The van der Waals surface area contributed by atoms with Crippen LogP contribution in [0.1, 0.15) is 69.9 Å². The Morgan fingerprint density at radius 1 is 0.977 bits per heavy atom. The Kier molecular flexibility index (Phi) is 11.8. The van der Waals surface area contributed by atoms with Crippen LogP contribution in [0.15, 0.2) is 29.1 Å². The molecule has 0 radical (unpaired) electrons. The highest BCUT2D eigenvalue weighted by Gasteiger charge is 2.21. The lowest BCUT2D eigenvalue weighted by molar-refractivity contribution is 0.127. The van der Waals surface area contributed by atoms with Gasteiger partial charge in [0.15, 0.2) is 11.5 Å². The molecule has 13 heteroatoms. The molecule has 2 aromatic heterocycles. The number of nitrogens with one attached hydrogen (secondary N) is 2. The lowest BCUT2D eigenvalue weighted by Gasteiger charge is -2.31. The van der Waals surface area contributed by atoms with Gasteiger partial charge in [0.2, 0.25) is 0 Å². The number of aromatic amines is 1. The minimum atomic E-state index is -0.716. The molecule has 13 nitrogen and oxygen atoms in total. The minimum absolute atomic E-state index is 0.0806. The maximum Gasteiger partial charge on any atom is 0.412 e. The van der Waals surface area contributed by atoms with Gasteiger partial charge in [0, 0.05) is 6.54 Å². The molecule has 0 unspecified atom stereocenters. The fourth-order valence-corrected chi connectivity index (χ4v) is 5.01. The van der Waals surface area contributed by atoms with Gasteiger partial charge in [0.25, 0.3) is 0 Å². The number of ether oxygens (including phenoxy) is 3.